The van der Waals surface area contributed by atoms with Crippen LogP contribution in [0.3, 0.4) is 0 Å². The lowest BCUT2D eigenvalue weighted by Gasteiger charge is -2.19. The summed E-state index contributed by atoms with van der Waals surface area (Å²) in [6.45, 7) is 5.19. The molecule has 0 amide bonds. The van der Waals surface area contributed by atoms with Crippen molar-refractivity contribution in [1.82, 2.24) is 4.57 Å². The fourth-order valence-corrected chi connectivity index (χ4v) is 2.10. The summed E-state index contributed by atoms with van der Waals surface area (Å²) in [6.07, 6.45) is 0.862. The van der Waals surface area contributed by atoms with Gasteiger partial charge >= 0.3 is 6.09 Å². The van der Waals surface area contributed by atoms with Gasteiger partial charge in [-0.25, -0.2) is 4.79 Å². The highest BCUT2D eigenvalue weighted by Gasteiger charge is 2.21. The van der Waals surface area contributed by atoms with Gasteiger partial charge in [-0.2, -0.15) is 0 Å². The van der Waals surface area contributed by atoms with Crippen molar-refractivity contribution < 1.29 is 14.5 Å². The number of ether oxygens (including phenoxy) is 1. The normalized spacial score (nSPS) is 11.1. The van der Waals surface area contributed by atoms with Crippen molar-refractivity contribution in [3.8, 4) is 0 Å². The van der Waals surface area contributed by atoms with E-state index in [4.69, 9.17) is 10.3 Å². The topological polar surface area (TPSA) is 123 Å². The Hall–Kier alpha value is -3.06. The molecular formula is C14H15N5O4. The number of carbonyl (C=O) groups is 1. The van der Waals surface area contributed by atoms with Crippen LogP contribution < -0.4 is 0 Å². The Morgan fingerprint density at radius 1 is 1.48 bits per heavy atom. The lowest BCUT2D eigenvalue weighted by atomic mass is 10.1. The van der Waals surface area contributed by atoms with Crippen molar-refractivity contribution >= 4 is 22.7 Å². The van der Waals surface area contributed by atoms with E-state index in [9.17, 15) is 14.9 Å². The molecule has 0 fully saturated rings. The number of rotatable bonds is 3. The summed E-state index contributed by atoms with van der Waals surface area (Å²) in [5.74, 6) is 0. The van der Waals surface area contributed by atoms with E-state index in [1.807, 2.05) is 0 Å². The van der Waals surface area contributed by atoms with Gasteiger partial charge < -0.3 is 4.74 Å². The van der Waals surface area contributed by atoms with Crippen LogP contribution in [0.4, 0.5) is 10.5 Å². The molecule has 1 heterocycles. The molecule has 1 aromatic heterocycles. The predicted molar refractivity (Wildman–Crippen MR) is 83.1 cm³/mol. The standard InChI is InChI=1S/C14H15N5O4/c1-14(2,3)23-13(20)18-8-9(7-16-17-15)11-6-10(19(21)22)4-5-12(11)18/h4-6,8H,7H2,1-3H3. The minimum absolute atomic E-state index is 0.0238. The number of hydrogen-bond acceptors (Lipinski definition) is 5. The molecule has 0 saturated heterocycles. The molecule has 0 aliphatic carbocycles. The SMILES string of the molecule is CC(C)(C)OC(=O)n1cc(CN=[N+]=[N-])c2cc([N+](=O)[O-])ccc21. The van der Waals surface area contributed by atoms with Crippen LogP contribution in [-0.4, -0.2) is 21.2 Å². The number of carbonyl (C=O) groups excluding carboxylic acids is 1. The van der Waals surface area contributed by atoms with Gasteiger partial charge in [0.15, 0.2) is 0 Å². The van der Waals surface area contributed by atoms with E-state index in [1.54, 1.807) is 20.8 Å². The zero-order valence-corrected chi connectivity index (χ0v) is 12.9. The van der Waals surface area contributed by atoms with Crippen molar-refractivity contribution in [3.63, 3.8) is 0 Å². The first-order chi connectivity index (χ1) is 10.7. The summed E-state index contributed by atoms with van der Waals surface area (Å²) in [6, 6.07) is 4.12. The smallest absolute Gasteiger partial charge is 0.419 e. The van der Waals surface area contributed by atoms with Crippen LogP contribution in [0.2, 0.25) is 0 Å². The molecule has 0 saturated carbocycles. The minimum Gasteiger partial charge on any atom is -0.443 e. The molecule has 0 bridgehead atoms. The zero-order valence-electron chi connectivity index (χ0n) is 12.9. The third-order valence-electron chi connectivity index (χ3n) is 2.98. The fraction of sp³-hybridized carbons (Fsp3) is 0.357. The van der Waals surface area contributed by atoms with Gasteiger partial charge in [0.1, 0.15) is 5.60 Å². The maximum atomic E-state index is 12.3. The van der Waals surface area contributed by atoms with E-state index < -0.39 is 16.6 Å². The zero-order chi connectivity index (χ0) is 17.2. The van der Waals surface area contributed by atoms with E-state index in [-0.39, 0.29) is 12.2 Å². The molecule has 0 radical (unpaired) electrons. The summed E-state index contributed by atoms with van der Waals surface area (Å²) in [4.78, 5) is 25.4. The Kier molecular flexibility index (Phi) is 4.24. The second kappa shape index (κ2) is 5.98. The quantitative estimate of drug-likeness (QED) is 0.277. The van der Waals surface area contributed by atoms with Crippen LogP contribution in [0.15, 0.2) is 29.5 Å². The van der Waals surface area contributed by atoms with E-state index in [1.165, 1.54) is 29.0 Å². The van der Waals surface area contributed by atoms with Gasteiger partial charge in [-0.3, -0.25) is 14.7 Å². The minimum atomic E-state index is -0.681. The molecule has 23 heavy (non-hydrogen) atoms. The van der Waals surface area contributed by atoms with Crippen molar-refractivity contribution in [2.45, 2.75) is 32.9 Å². The fourth-order valence-electron chi connectivity index (χ4n) is 2.10. The second-order valence-corrected chi connectivity index (χ2v) is 5.85. The van der Waals surface area contributed by atoms with E-state index in [2.05, 4.69) is 10.0 Å². The second-order valence-electron chi connectivity index (χ2n) is 5.85. The van der Waals surface area contributed by atoms with Crippen molar-refractivity contribution in [2.75, 3.05) is 0 Å². The summed E-state index contributed by atoms with van der Waals surface area (Å²) in [7, 11) is 0. The van der Waals surface area contributed by atoms with Crippen LogP contribution in [0.1, 0.15) is 26.3 Å². The van der Waals surface area contributed by atoms with Gasteiger partial charge in [0.25, 0.3) is 5.69 Å². The molecule has 0 aliphatic heterocycles. The van der Waals surface area contributed by atoms with Crippen LogP contribution in [0, 0.1) is 10.1 Å². The van der Waals surface area contributed by atoms with E-state index in [0.717, 1.165) is 0 Å². The molecule has 0 atom stereocenters. The van der Waals surface area contributed by atoms with Crippen LogP contribution in [-0.2, 0) is 11.3 Å². The Morgan fingerprint density at radius 3 is 2.74 bits per heavy atom. The monoisotopic (exact) mass is 317 g/mol. The lowest BCUT2D eigenvalue weighted by Crippen LogP contribution is -2.26. The number of fused-ring (bicyclic) bond motifs is 1. The number of aromatic nitrogens is 1. The number of benzene rings is 1. The van der Waals surface area contributed by atoms with E-state index in [0.29, 0.717) is 16.5 Å². The summed E-state index contributed by atoms with van der Waals surface area (Å²) < 4.78 is 6.57. The number of nitro groups is 1. The molecule has 0 N–H and O–H groups in total. The van der Waals surface area contributed by atoms with Gasteiger partial charge in [-0.05, 0) is 37.9 Å². The first kappa shape index (κ1) is 16.3. The maximum Gasteiger partial charge on any atom is 0.419 e. The maximum absolute atomic E-state index is 12.3. The van der Waals surface area contributed by atoms with Crippen LogP contribution in [0.25, 0.3) is 21.3 Å². The first-order valence-electron chi connectivity index (χ1n) is 6.75. The van der Waals surface area contributed by atoms with Gasteiger partial charge in [0, 0.05) is 28.6 Å². The average Bonchev–Trinajstić information content (AvgIpc) is 2.81. The van der Waals surface area contributed by atoms with Gasteiger partial charge in [0.05, 0.1) is 17.0 Å². The number of azide groups is 1. The molecule has 0 spiro atoms. The van der Waals surface area contributed by atoms with Crippen molar-refractivity contribution in [3.05, 3.63) is 50.5 Å². The summed E-state index contributed by atoms with van der Waals surface area (Å²) in [5, 5.41) is 14.9. The number of nitro benzene ring substituents is 1. The third kappa shape index (κ3) is 3.58. The Bertz CT molecular complexity index is 828. The predicted octanol–water partition coefficient (Wildman–Crippen LogP) is 4.14. The molecule has 9 nitrogen and oxygen atoms in total. The number of non-ortho nitro benzene ring substituents is 1. The molecule has 2 aromatic rings. The van der Waals surface area contributed by atoms with Gasteiger partial charge in [-0.1, -0.05) is 5.11 Å². The molecule has 9 heteroatoms. The highest BCUT2D eigenvalue weighted by Crippen LogP contribution is 2.27. The average molecular weight is 317 g/mol. The molecule has 0 unspecified atom stereocenters. The van der Waals surface area contributed by atoms with E-state index >= 15 is 0 Å². The molecule has 120 valence electrons. The van der Waals surface area contributed by atoms with Gasteiger partial charge in [0.2, 0.25) is 0 Å². The number of nitrogens with zero attached hydrogens (tertiary/aromatic N) is 5. The molecular weight excluding hydrogens is 302 g/mol. The van der Waals surface area contributed by atoms with Crippen molar-refractivity contribution in [2.24, 2.45) is 5.11 Å². The highest BCUT2D eigenvalue weighted by atomic mass is 16.6. The Morgan fingerprint density at radius 2 is 2.17 bits per heavy atom. The lowest BCUT2D eigenvalue weighted by molar-refractivity contribution is -0.384. The largest absolute Gasteiger partial charge is 0.443 e. The van der Waals surface area contributed by atoms with Crippen LogP contribution >= 0.6 is 0 Å². The molecule has 1 aromatic carbocycles. The Labute approximate surface area is 131 Å². The highest BCUT2D eigenvalue weighted by molar-refractivity contribution is 5.93. The Balaban J connectivity index is 2.59. The van der Waals surface area contributed by atoms with Gasteiger partial charge in [-0.15, -0.1) is 0 Å². The molecule has 2 rings (SSSR count). The number of hydrogen-bond donors (Lipinski definition) is 0. The summed E-state index contributed by atoms with van der Waals surface area (Å²) in [5.41, 5.74) is 8.63. The van der Waals surface area contributed by atoms with Crippen molar-refractivity contribution in [1.29, 1.82) is 0 Å². The first-order valence-corrected chi connectivity index (χ1v) is 6.75. The summed E-state index contributed by atoms with van der Waals surface area (Å²) >= 11 is 0. The molecule has 0 aliphatic rings. The van der Waals surface area contributed by atoms with Crippen LogP contribution in [0.5, 0.6) is 0 Å². The third-order valence-corrected chi connectivity index (χ3v) is 2.98.